The molecule has 0 fully saturated rings. The van der Waals surface area contributed by atoms with E-state index in [1.165, 1.54) is 0 Å². The van der Waals surface area contributed by atoms with E-state index < -0.39 is 5.91 Å². The summed E-state index contributed by atoms with van der Waals surface area (Å²) in [4.78, 5) is 11.3. The third kappa shape index (κ3) is 1.64. The highest BCUT2D eigenvalue weighted by molar-refractivity contribution is 6.04. The average Bonchev–Trinajstić information content (AvgIpc) is 2.83. The van der Waals surface area contributed by atoms with E-state index in [9.17, 15) is 4.79 Å². The predicted octanol–water partition coefficient (Wildman–Crippen LogP) is 1.92. The van der Waals surface area contributed by atoms with E-state index in [1.807, 2.05) is 36.5 Å². The zero-order valence-electron chi connectivity index (χ0n) is 9.50. The Kier molecular flexibility index (Phi) is 2.34. The van der Waals surface area contributed by atoms with Crippen LogP contribution in [0.5, 0.6) is 0 Å². The summed E-state index contributed by atoms with van der Waals surface area (Å²) in [7, 11) is 0. The number of fused-ring (bicyclic) bond motifs is 1. The number of nitrogens with two attached hydrogens (primary N) is 1. The molecule has 1 heterocycles. The fourth-order valence-corrected chi connectivity index (χ4v) is 1.91. The number of primary amides is 1. The lowest BCUT2D eigenvalue weighted by Gasteiger charge is -1.98. The Bertz CT molecular complexity index is 716. The van der Waals surface area contributed by atoms with E-state index in [1.54, 1.807) is 16.8 Å². The molecule has 0 saturated carbocycles. The van der Waals surface area contributed by atoms with E-state index in [0.29, 0.717) is 11.1 Å². The molecule has 3 rings (SSSR count). The molecule has 0 aliphatic rings. The predicted molar refractivity (Wildman–Crippen MR) is 68.4 cm³/mol. The van der Waals surface area contributed by atoms with Crippen LogP contribution < -0.4 is 5.73 Å². The van der Waals surface area contributed by atoms with Gasteiger partial charge in [-0.3, -0.25) is 4.79 Å². The number of rotatable bonds is 2. The first-order valence-corrected chi connectivity index (χ1v) is 5.50. The topological polar surface area (TPSA) is 60.9 Å². The van der Waals surface area contributed by atoms with Gasteiger partial charge in [-0.05, 0) is 24.3 Å². The SMILES string of the molecule is NC(=O)c1cccc2cn(-c3cc[c]cc3)nc12. The normalized spacial score (nSPS) is 10.7. The maximum absolute atomic E-state index is 11.3. The summed E-state index contributed by atoms with van der Waals surface area (Å²) in [5.74, 6) is -0.466. The summed E-state index contributed by atoms with van der Waals surface area (Å²) < 4.78 is 1.73. The zero-order chi connectivity index (χ0) is 12.5. The Balaban J connectivity index is 2.23. The third-order valence-electron chi connectivity index (χ3n) is 2.77. The van der Waals surface area contributed by atoms with E-state index in [2.05, 4.69) is 11.2 Å². The first kappa shape index (κ1) is 10.5. The molecule has 4 heteroatoms. The Labute approximate surface area is 104 Å². The molecule has 2 aromatic carbocycles. The summed E-state index contributed by atoms with van der Waals surface area (Å²) in [6.45, 7) is 0. The van der Waals surface area contributed by atoms with E-state index in [4.69, 9.17) is 5.73 Å². The van der Waals surface area contributed by atoms with Gasteiger partial charge in [0.25, 0.3) is 5.91 Å². The molecule has 0 unspecified atom stereocenters. The van der Waals surface area contributed by atoms with Crippen molar-refractivity contribution in [1.29, 1.82) is 0 Å². The minimum absolute atomic E-state index is 0.439. The second-order valence-corrected chi connectivity index (χ2v) is 3.94. The van der Waals surface area contributed by atoms with Gasteiger partial charge in [0.05, 0.1) is 11.3 Å². The van der Waals surface area contributed by atoms with E-state index >= 15 is 0 Å². The number of nitrogens with zero attached hydrogens (tertiary/aromatic N) is 2. The first-order valence-electron chi connectivity index (χ1n) is 5.50. The van der Waals surface area contributed by atoms with E-state index in [0.717, 1.165) is 11.1 Å². The second kappa shape index (κ2) is 4.00. The van der Waals surface area contributed by atoms with Gasteiger partial charge in [0.2, 0.25) is 0 Å². The number of carbonyl (C=O) groups excluding carboxylic acids is 1. The summed E-state index contributed by atoms with van der Waals surface area (Å²) in [6, 6.07) is 15.8. The highest BCUT2D eigenvalue weighted by atomic mass is 16.1. The summed E-state index contributed by atoms with van der Waals surface area (Å²) in [5.41, 5.74) is 7.31. The molecule has 18 heavy (non-hydrogen) atoms. The maximum atomic E-state index is 11.3. The van der Waals surface area contributed by atoms with Gasteiger partial charge in [0.1, 0.15) is 5.52 Å². The van der Waals surface area contributed by atoms with Crippen LogP contribution in [0.25, 0.3) is 16.6 Å². The van der Waals surface area contributed by atoms with Crippen molar-refractivity contribution in [3.63, 3.8) is 0 Å². The molecule has 87 valence electrons. The fourth-order valence-electron chi connectivity index (χ4n) is 1.91. The van der Waals surface area contributed by atoms with Crippen LogP contribution in [-0.4, -0.2) is 15.7 Å². The molecular weight excluding hydrogens is 226 g/mol. The molecule has 1 radical (unpaired) electrons. The van der Waals surface area contributed by atoms with Gasteiger partial charge in [-0.1, -0.05) is 24.3 Å². The monoisotopic (exact) mass is 236 g/mol. The third-order valence-corrected chi connectivity index (χ3v) is 2.77. The number of benzene rings is 2. The molecule has 4 nitrogen and oxygen atoms in total. The lowest BCUT2D eigenvalue weighted by Crippen LogP contribution is -2.11. The van der Waals surface area contributed by atoms with Gasteiger partial charge in [0.15, 0.2) is 0 Å². The Morgan fingerprint density at radius 2 is 2.00 bits per heavy atom. The van der Waals surface area contributed by atoms with E-state index in [-0.39, 0.29) is 0 Å². The van der Waals surface area contributed by atoms with Crippen molar-refractivity contribution in [2.24, 2.45) is 5.73 Å². The van der Waals surface area contributed by atoms with Crippen LogP contribution in [-0.2, 0) is 0 Å². The Morgan fingerprint density at radius 1 is 1.22 bits per heavy atom. The van der Waals surface area contributed by atoms with Crippen molar-refractivity contribution in [2.45, 2.75) is 0 Å². The number of hydrogen-bond donors (Lipinski definition) is 1. The van der Waals surface area contributed by atoms with Crippen LogP contribution in [0.2, 0.25) is 0 Å². The smallest absolute Gasteiger partial charge is 0.250 e. The summed E-state index contributed by atoms with van der Waals surface area (Å²) >= 11 is 0. The van der Waals surface area contributed by atoms with Gasteiger partial charge in [-0.25, -0.2) is 4.68 Å². The Hall–Kier alpha value is -2.62. The second-order valence-electron chi connectivity index (χ2n) is 3.94. The standard InChI is InChI=1S/C14H10N3O/c15-14(18)12-8-4-5-10-9-17(16-13(10)12)11-6-2-1-3-7-11/h2-9H,(H2,15,18). The number of carbonyl (C=O) groups is 1. The molecule has 0 aliphatic carbocycles. The highest BCUT2D eigenvalue weighted by Gasteiger charge is 2.10. The van der Waals surface area contributed by atoms with Crippen molar-refractivity contribution in [1.82, 2.24) is 9.78 Å². The van der Waals surface area contributed by atoms with Crippen molar-refractivity contribution < 1.29 is 4.79 Å². The minimum atomic E-state index is -0.466. The Morgan fingerprint density at radius 3 is 2.72 bits per heavy atom. The lowest BCUT2D eigenvalue weighted by atomic mass is 10.1. The molecule has 0 saturated heterocycles. The zero-order valence-corrected chi connectivity index (χ0v) is 9.50. The van der Waals surface area contributed by atoms with Crippen LogP contribution in [0.4, 0.5) is 0 Å². The van der Waals surface area contributed by atoms with Crippen LogP contribution in [0, 0.1) is 6.07 Å². The van der Waals surface area contributed by atoms with Crippen molar-refractivity contribution >= 4 is 16.8 Å². The maximum Gasteiger partial charge on any atom is 0.250 e. The molecule has 0 spiro atoms. The van der Waals surface area contributed by atoms with Gasteiger partial charge in [0, 0.05) is 11.6 Å². The summed E-state index contributed by atoms with van der Waals surface area (Å²) in [5, 5.41) is 5.29. The minimum Gasteiger partial charge on any atom is -0.366 e. The lowest BCUT2D eigenvalue weighted by molar-refractivity contribution is 0.100. The van der Waals surface area contributed by atoms with Crippen molar-refractivity contribution in [3.05, 3.63) is 60.3 Å². The number of aromatic nitrogens is 2. The molecular formula is C14H10N3O. The fraction of sp³-hybridized carbons (Fsp3) is 0. The summed E-state index contributed by atoms with van der Waals surface area (Å²) in [6.07, 6.45) is 1.87. The number of amides is 1. The molecule has 2 N–H and O–H groups in total. The van der Waals surface area contributed by atoms with Gasteiger partial charge in [-0.15, -0.1) is 0 Å². The average molecular weight is 236 g/mol. The molecule has 3 aromatic rings. The van der Waals surface area contributed by atoms with Gasteiger partial charge < -0.3 is 5.73 Å². The van der Waals surface area contributed by atoms with Crippen LogP contribution in [0.3, 0.4) is 0 Å². The van der Waals surface area contributed by atoms with Gasteiger partial charge >= 0.3 is 0 Å². The highest BCUT2D eigenvalue weighted by Crippen LogP contribution is 2.18. The van der Waals surface area contributed by atoms with Gasteiger partial charge in [-0.2, -0.15) is 5.10 Å². The molecule has 0 bridgehead atoms. The molecule has 1 amide bonds. The van der Waals surface area contributed by atoms with Crippen LogP contribution >= 0.6 is 0 Å². The largest absolute Gasteiger partial charge is 0.366 e. The molecule has 1 aromatic heterocycles. The number of hydrogen-bond acceptors (Lipinski definition) is 2. The molecule has 0 atom stereocenters. The first-order chi connectivity index (χ1) is 8.75. The van der Waals surface area contributed by atoms with Crippen LogP contribution in [0.1, 0.15) is 10.4 Å². The van der Waals surface area contributed by atoms with Crippen LogP contribution in [0.15, 0.2) is 48.7 Å². The molecule has 0 aliphatic heterocycles. The quantitative estimate of drug-likeness (QED) is 0.739. The van der Waals surface area contributed by atoms with Crippen molar-refractivity contribution in [3.8, 4) is 5.69 Å². The van der Waals surface area contributed by atoms with Crippen molar-refractivity contribution in [2.75, 3.05) is 0 Å².